The van der Waals surface area contributed by atoms with Crippen molar-refractivity contribution in [2.45, 2.75) is 0 Å². The molecule has 0 saturated heterocycles. The fourth-order valence-corrected chi connectivity index (χ4v) is 0. The van der Waals surface area contributed by atoms with Gasteiger partial charge in [-0.3, -0.25) is 0 Å². The largest absolute Gasteiger partial charge is 0.492 e. The summed E-state index contributed by atoms with van der Waals surface area (Å²) in [5.41, 5.74) is 0. The SMILES string of the molecule is O=[13C](O)F. The predicted molar refractivity (Wildman–Crippen MR) is 9.13 cm³/mol. The lowest BCUT2D eigenvalue weighted by Gasteiger charge is -1.53. The van der Waals surface area contributed by atoms with Crippen LogP contribution in [-0.4, -0.2) is 11.3 Å². The van der Waals surface area contributed by atoms with Gasteiger partial charge < -0.3 is 5.11 Å². The second kappa shape index (κ2) is 0.817. The summed E-state index contributed by atoms with van der Waals surface area (Å²) in [4.78, 5) is 8.33. The number of carboxylic acid groups (broad SMARTS) is 1. The Bertz CT molecular complexity index is 29.0. The second-order valence-corrected chi connectivity index (χ2v) is 0.253. The van der Waals surface area contributed by atoms with Crippen LogP contribution in [0.25, 0.3) is 0 Å². The van der Waals surface area contributed by atoms with E-state index in [4.69, 9.17) is 9.90 Å². The van der Waals surface area contributed by atoms with Crippen LogP contribution in [-0.2, 0) is 0 Å². The minimum atomic E-state index is -2.33. The molecule has 4 heavy (non-hydrogen) atoms. The zero-order valence-electron chi connectivity index (χ0n) is 1.73. The zero-order chi connectivity index (χ0) is 3.58. The van der Waals surface area contributed by atoms with Crippen molar-refractivity contribution in [3.05, 3.63) is 0 Å². The highest BCUT2D eigenvalue weighted by Gasteiger charge is 1.74. The molecule has 24 valence electrons. The van der Waals surface area contributed by atoms with Gasteiger partial charge in [0, 0.05) is 0 Å². The summed E-state index contributed by atoms with van der Waals surface area (Å²) in [5.74, 6) is 0. The molecule has 0 aromatic carbocycles. The van der Waals surface area contributed by atoms with E-state index >= 15 is 0 Å². The molecule has 2 nitrogen and oxygen atoms in total. The first kappa shape index (κ1) is 3.40. The molecule has 0 unspecified atom stereocenters. The van der Waals surface area contributed by atoms with E-state index in [9.17, 15) is 4.39 Å². The van der Waals surface area contributed by atoms with E-state index in [2.05, 4.69) is 0 Å². The second-order valence-electron chi connectivity index (χ2n) is 0.253. The minimum absolute atomic E-state index is 2.33. The molecule has 0 aliphatic rings. The Morgan fingerprint density at radius 2 is 2.00 bits per heavy atom. The van der Waals surface area contributed by atoms with Gasteiger partial charge >= 0.3 is 6.22 Å². The molecule has 0 atom stereocenters. The number of carbonyl (C=O) groups is 1. The number of rotatable bonds is 0. The van der Waals surface area contributed by atoms with Crippen molar-refractivity contribution in [3.63, 3.8) is 0 Å². The highest BCUT2D eigenvalue weighted by atomic mass is 19.2. The molecule has 0 aromatic heterocycles. The van der Waals surface area contributed by atoms with E-state index in [-0.39, 0.29) is 0 Å². The van der Waals surface area contributed by atoms with Gasteiger partial charge in [-0.25, -0.2) is 4.79 Å². The lowest BCUT2D eigenvalue weighted by molar-refractivity contribution is 0.169. The first-order chi connectivity index (χ1) is 1.73. The van der Waals surface area contributed by atoms with Gasteiger partial charge in [0.15, 0.2) is 0 Å². The molecular formula is CHFO2. The van der Waals surface area contributed by atoms with E-state index < -0.39 is 6.22 Å². The lowest BCUT2D eigenvalue weighted by atomic mass is 12.4. The molecule has 0 aliphatic carbocycles. The first-order valence-electron chi connectivity index (χ1n) is 0.617. The Hall–Kier alpha value is -0.600. The van der Waals surface area contributed by atoms with E-state index in [1.807, 2.05) is 0 Å². The topological polar surface area (TPSA) is 37.3 Å². The summed E-state index contributed by atoms with van der Waals surface area (Å²) in [5, 5.41) is 6.75. The van der Waals surface area contributed by atoms with Crippen LogP contribution >= 0.6 is 0 Å². The summed E-state index contributed by atoms with van der Waals surface area (Å²) in [6.07, 6.45) is -2.33. The maximum absolute atomic E-state index is 9.92. The van der Waals surface area contributed by atoms with Crippen molar-refractivity contribution < 1.29 is 14.3 Å². The lowest BCUT2D eigenvalue weighted by Crippen LogP contribution is -1.69. The van der Waals surface area contributed by atoms with Crippen LogP contribution in [0, 0.1) is 0 Å². The van der Waals surface area contributed by atoms with Crippen LogP contribution in [0.2, 0.25) is 0 Å². The Morgan fingerprint density at radius 1 is 2.00 bits per heavy atom. The fourth-order valence-electron chi connectivity index (χ4n) is 0. The van der Waals surface area contributed by atoms with E-state index in [0.29, 0.717) is 0 Å². The van der Waals surface area contributed by atoms with Crippen LogP contribution < -0.4 is 0 Å². The molecule has 0 rings (SSSR count). The van der Waals surface area contributed by atoms with Crippen LogP contribution in [0.4, 0.5) is 9.18 Å². The van der Waals surface area contributed by atoms with E-state index in [1.54, 1.807) is 0 Å². The third-order valence-corrected chi connectivity index (χ3v) is 0. The Morgan fingerprint density at radius 3 is 2.00 bits per heavy atom. The van der Waals surface area contributed by atoms with Gasteiger partial charge in [-0.1, -0.05) is 0 Å². The monoisotopic (exact) mass is 65.0 g/mol. The Kier molecular flexibility index (Phi) is 0.694. The van der Waals surface area contributed by atoms with Crippen molar-refractivity contribution in [1.82, 2.24) is 0 Å². The van der Waals surface area contributed by atoms with Gasteiger partial charge in [0.05, 0.1) is 0 Å². The molecular weight excluding hydrogens is 64.0 g/mol. The van der Waals surface area contributed by atoms with Gasteiger partial charge in [-0.05, 0) is 0 Å². The molecule has 3 heteroatoms. The van der Waals surface area contributed by atoms with Gasteiger partial charge in [0.2, 0.25) is 0 Å². The average molecular weight is 65.0 g/mol. The van der Waals surface area contributed by atoms with Gasteiger partial charge in [0.1, 0.15) is 0 Å². The molecule has 0 fully saturated rings. The summed E-state index contributed by atoms with van der Waals surface area (Å²) < 4.78 is 9.92. The van der Waals surface area contributed by atoms with E-state index in [1.165, 1.54) is 0 Å². The molecule has 1 N–H and O–H groups in total. The van der Waals surface area contributed by atoms with Gasteiger partial charge in [-0.15, -0.1) is 4.39 Å². The molecule has 0 aromatic rings. The number of hydrogen-bond donors (Lipinski definition) is 1. The van der Waals surface area contributed by atoms with Crippen LogP contribution in [0.15, 0.2) is 0 Å². The standard InChI is InChI=1S/CHFO2/c2-1(3)4/h(H,3,4)/i1+1. The summed E-state index contributed by atoms with van der Waals surface area (Å²) in [6, 6.07) is 0. The number of hydrogen-bond acceptors (Lipinski definition) is 1. The van der Waals surface area contributed by atoms with Crippen molar-refractivity contribution in [2.24, 2.45) is 0 Å². The zero-order valence-corrected chi connectivity index (χ0v) is 1.73. The molecule has 0 radical (unpaired) electrons. The highest BCUT2D eigenvalue weighted by Crippen LogP contribution is 1.58. The van der Waals surface area contributed by atoms with Crippen LogP contribution in [0.1, 0.15) is 0 Å². The molecule has 0 amide bonds. The number of halogens is 1. The first-order valence-corrected chi connectivity index (χ1v) is 0.617. The molecule has 0 spiro atoms. The summed E-state index contributed by atoms with van der Waals surface area (Å²) >= 11 is 0. The van der Waals surface area contributed by atoms with E-state index in [0.717, 1.165) is 0 Å². The summed E-state index contributed by atoms with van der Waals surface area (Å²) in [6.45, 7) is 0. The Balaban J connectivity index is 2.80. The highest BCUT2D eigenvalue weighted by molar-refractivity contribution is 5.54. The van der Waals surface area contributed by atoms with Gasteiger partial charge in [-0.2, -0.15) is 0 Å². The maximum atomic E-state index is 9.92. The molecule has 0 aliphatic heterocycles. The van der Waals surface area contributed by atoms with Crippen LogP contribution in [0.3, 0.4) is 0 Å². The van der Waals surface area contributed by atoms with Crippen molar-refractivity contribution in [1.29, 1.82) is 0 Å². The molecule has 0 saturated carbocycles. The molecule has 0 bridgehead atoms. The summed E-state index contributed by atoms with van der Waals surface area (Å²) in [7, 11) is 0. The predicted octanol–water partition coefficient (Wildman–Crippen LogP) is 0.634. The van der Waals surface area contributed by atoms with Gasteiger partial charge in [0.25, 0.3) is 0 Å². The average Bonchev–Trinajstić information content (AvgIpc) is 0.811. The quantitative estimate of drug-likeness (QED) is 0.332. The maximum Gasteiger partial charge on any atom is 0.492 e. The normalized spacial score (nSPS) is 6.25. The third-order valence-electron chi connectivity index (χ3n) is 0. The molecule has 0 heterocycles. The smallest absolute Gasteiger partial charge is 0.456 e. The fraction of sp³-hybridized carbons (Fsp3) is 0. The minimum Gasteiger partial charge on any atom is -0.456 e. The van der Waals surface area contributed by atoms with Crippen molar-refractivity contribution >= 4 is 6.22 Å². The van der Waals surface area contributed by atoms with Crippen molar-refractivity contribution in [3.8, 4) is 0 Å². The Labute approximate surface area is 21.9 Å². The van der Waals surface area contributed by atoms with Crippen LogP contribution in [0.5, 0.6) is 0 Å². The third kappa shape index (κ3) is 0.622. The van der Waals surface area contributed by atoms with Crippen molar-refractivity contribution in [2.75, 3.05) is 0 Å².